The minimum absolute atomic E-state index is 0.155. The maximum absolute atomic E-state index is 11.3. The molecule has 1 unspecified atom stereocenters. The number of carboxylic acid groups (broad SMARTS) is 1. The summed E-state index contributed by atoms with van der Waals surface area (Å²) in [7, 11) is 0. The molecule has 0 amide bonds. The van der Waals surface area contributed by atoms with Crippen LogP contribution in [0.1, 0.15) is 45.4 Å². The van der Waals surface area contributed by atoms with E-state index in [4.69, 9.17) is 5.11 Å². The van der Waals surface area contributed by atoms with Crippen molar-refractivity contribution in [1.82, 2.24) is 0 Å². The zero-order valence-electron chi connectivity index (χ0n) is 11.2. The Morgan fingerprint density at radius 3 is 1.95 bits per heavy atom. The molecule has 0 aromatic rings. The van der Waals surface area contributed by atoms with Crippen molar-refractivity contribution in [2.45, 2.75) is 57.0 Å². The maximum Gasteiger partial charge on any atom is 0.338 e. The van der Waals surface area contributed by atoms with Gasteiger partial charge in [-0.05, 0) is 63.2 Å². The summed E-state index contributed by atoms with van der Waals surface area (Å²) in [6.45, 7) is 1.26. The molecule has 4 saturated carbocycles. The first-order chi connectivity index (χ1) is 8.97. The molecule has 0 radical (unpaired) electrons. The van der Waals surface area contributed by atoms with E-state index < -0.39 is 17.8 Å². The highest BCUT2D eigenvalue weighted by molar-refractivity contribution is 6.01. The molecule has 104 valence electrons. The van der Waals surface area contributed by atoms with Crippen LogP contribution in [-0.4, -0.2) is 28.4 Å². The fourth-order valence-electron chi connectivity index (χ4n) is 4.67. The number of Topliss-reactive ketones (excluding diaryl/α,β-unsaturated/α-hetero) is 1. The van der Waals surface area contributed by atoms with Gasteiger partial charge in [0.15, 0.2) is 5.78 Å². The molecule has 4 rings (SSSR count). The van der Waals surface area contributed by atoms with Crippen molar-refractivity contribution in [2.24, 2.45) is 28.0 Å². The molecular formula is C14H20N2O3. The molecule has 0 spiro atoms. The van der Waals surface area contributed by atoms with Gasteiger partial charge in [-0.15, -0.1) is 0 Å². The number of carbonyl (C=O) groups is 2. The Labute approximate surface area is 112 Å². The molecule has 4 aliphatic rings. The largest absolute Gasteiger partial charge is 0.479 e. The summed E-state index contributed by atoms with van der Waals surface area (Å²) >= 11 is 0. The third kappa shape index (κ3) is 2.30. The van der Waals surface area contributed by atoms with Gasteiger partial charge in [0.2, 0.25) is 6.04 Å². The highest BCUT2D eigenvalue weighted by Crippen LogP contribution is 2.57. The number of nitrogens with zero attached hydrogens (tertiary/aromatic N) is 2. The predicted octanol–water partition coefficient (Wildman–Crippen LogP) is 2.45. The van der Waals surface area contributed by atoms with Crippen LogP contribution >= 0.6 is 0 Å². The number of aliphatic carboxylic acids is 1. The summed E-state index contributed by atoms with van der Waals surface area (Å²) in [5.41, 5.74) is -0.155. The normalized spacial score (nSPS) is 41.6. The van der Waals surface area contributed by atoms with Crippen molar-refractivity contribution in [1.29, 1.82) is 0 Å². The lowest BCUT2D eigenvalue weighted by atomic mass is 9.53. The van der Waals surface area contributed by atoms with E-state index in [9.17, 15) is 9.59 Å². The zero-order valence-corrected chi connectivity index (χ0v) is 11.2. The third-order valence-corrected chi connectivity index (χ3v) is 5.01. The van der Waals surface area contributed by atoms with Crippen molar-refractivity contribution in [3.8, 4) is 0 Å². The highest BCUT2D eigenvalue weighted by Gasteiger charge is 2.51. The van der Waals surface area contributed by atoms with Crippen LogP contribution in [0.25, 0.3) is 0 Å². The molecule has 0 aromatic heterocycles. The van der Waals surface area contributed by atoms with Gasteiger partial charge < -0.3 is 5.11 Å². The van der Waals surface area contributed by atoms with Gasteiger partial charge >= 0.3 is 5.97 Å². The van der Waals surface area contributed by atoms with Crippen molar-refractivity contribution < 1.29 is 14.7 Å². The van der Waals surface area contributed by atoms with Gasteiger partial charge in [-0.25, -0.2) is 4.79 Å². The Morgan fingerprint density at radius 1 is 1.11 bits per heavy atom. The number of hydrogen-bond donors (Lipinski definition) is 1. The zero-order chi connectivity index (χ0) is 13.6. The number of carbonyl (C=O) groups excluding carboxylic acids is 1. The van der Waals surface area contributed by atoms with Crippen molar-refractivity contribution in [3.63, 3.8) is 0 Å². The minimum atomic E-state index is -1.31. The third-order valence-electron chi connectivity index (χ3n) is 5.01. The van der Waals surface area contributed by atoms with E-state index in [1.807, 2.05) is 0 Å². The average Bonchev–Trinajstić information content (AvgIpc) is 2.25. The van der Waals surface area contributed by atoms with E-state index in [0.29, 0.717) is 0 Å². The second-order valence-electron chi connectivity index (χ2n) is 6.71. The van der Waals surface area contributed by atoms with Gasteiger partial charge in [-0.2, -0.15) is 10.2 Å². The SMILES string of the molecule is CC(=O)C(N=NC12CC3CC(CC(C3)C1)C2)C(=O)O. The number of carboxylic acids is 1. The van der Waals surface area contributed by atoms with E-state index in [1.54, 1.807) is 0 Å². The van der Waals surface area contributed by atoms with E-state index >= 15 is 0 Å². The van der Waals surface area contributed by atoms with Gasteiger partial charge in [0.05, 0.1) is 5.54 Å². The summed E-state index contributed by atoms with van der Waals surface area (Å²) < 4.78 is 0. The lowest BCUT2D eigenvalue weighted by Gasteiger charge is -2.54. The number of azo groups is 1. The molecule has 5 nitrogen and oxygen atoms in total. The van der Waals surface area contributed by atoms with E-state index in [1.165, 1.54) is 26.2 Å². The van der Waals surface area contributed by atoms with Crippen LogP contribution in [0.4, 0.5) is 0 Å². The molecule has 4 aliphatic carbocycles. The van der Waals surface area contributed by atoms with Gasteiger partial charge in [-0.3, -0.25) is 4.79 Å². The Morgan fingerprint density at radius 2 is 1.58 bits per heavy atom. The first-order valence-corrected chi connectivity index (χ1v) is 7.13. The Kier molecular flexibility index (Phi) is 2.95. The number of hydrogen-bond acceptors (Lipinski definition) is 4. The van der Waals surface area contributed by atoms with Crippen LogP contribution in [0.2, 0.25) is 0 Å². The summed E-state index contributed by atoms with van der Waals surface area (Å²) in [6.07, 6.45) is 7.03. The maximum atomic E-state index is 11.3. The Balaban J connectivity index is 1.78. The molecule has 1 atom stereocenters. The molecule has 1 N–H and O–H groups in total. The molecule has 0 aromatic carbocycles. The molecule has 19 heavy (non-hydrogen) atoms. The molecule has 0 heterocycles. The Hall–Kier alpha value is -1.26. The lowest BCUT2D eigenvalue weighted by molar-refractivity contribution is -0.141. The molecular weight excluding hydrogens is 244 g/mol. The first-order valence-electron chi connectivity index (χ1n) is 7.13. The van der Waals surface area contributed by atoms with Crippen LogP contribution in [0.15, 0.2) is 10.2 Å². The average molecular weight is 264 g/mol. The molecule has 4 bridgehead atoms. The number of rotatable bonds is 4. The quantitative estimate of drug-likeness (QED) is 0.625. The van der Waals surface area contributed by atoms with Crippen molar-refractivity contribution in [3.05, 3.63) is 0 Å². The van der Waals surface area contributed by atoms with Crippen molar-refractivity contribution >= 4 is 11.8 Å². The fourth-order valence-corrected chi connectivity index (χ4v) is 4.67. The van der Waals surface area contributed by atoms with Gasteiger partial charge in [0.25, 0.3) is 0 Å². The van der Waals surface area contributed by atoms with Gasteiger partial charge in [-0.1, -0.05) is 0 Å². The summed E-state index contributed by atoms with van der Waals surface area (Å²) in [6, 6.07) is -1.31. The van der Waals surface area contributed by atoms with Crippen LogP contribution in [0.3, 0.4) is 0 Å². The fraction of sp³-hybridized carbons (Fsp3) is 0.857. The van der Waals surface area contributed by atoms with Gasteiger partial charge in [0.1, 0.15) is 0 Å². The standard InChI is InChI=1S/C14H20N2O3/c1-8(17)12(13(18)19)15-16-14-5-9-2-10(6-14)4-11(3-9)7-14/h9-12H,2-7H2,1H3,(H,18,19). The molecule has 5 heteroatoms. The summed E-state index contributed by atoms with van der Waals surface area (Å²) in [5, 5.41) is 17.3. The van der Waals surface area contributed by atoms with Crippen LogP contribution < -0.4 is 0 Å². The first kappa shape index (κ1) is 12.8. The summed E-state index contributed by atoms with van der Waals surface area (Å²) in [4.78, 5) is 22.3. The van der Waals surface area contributed by atoms with Crippen LogP contribution in [0.5, 0.6) is 0 Å². The van der Waals surface area contributed by atoms with Crippen LogP contribution in [-0.2, 0) is 9.59 Å². The topological polar surface area (TPSA) is 79.1 Å². The second-order valence-corrected chi connectivity index (χ2v) is 6.71. The second kappa shape index (κ2) is 4.39. The highest BCUT2D eigenvalue weighted by atomic mass is 16.4. The van der Waals surface area contributed by atoms with E-state index in [0.717, 1.165) is 37.0 Å². The Bertz CT molecular complexity index is 395. The van der Waals surface area contributed by atoms with Crippen LogP contribution in [0, 0.1) is 17.8 Å². The molecule has 0 aliphatic heterocycles. The lowest BCUT2D eigenvalue weighted by Crippen LogP contribution is -2.49. The van der Waals surface area contributed by atoms with E-state index in [-0.39, 0.29) is 5.54 Å². The van der Waals surface area contributed by atoms with Crippen molar-refractivity contribution in [2.75, 3.05) is 0 Å². The minimum Gasteiger partial charge on any atom is -0.479 e. The van der Waals surface area contributed by atoms with E-state index in [2.05, 4.69) is 10.2 Å². The molecule has 4 fully saturated rings. The number of ketones is 1. The van der Waals surface area contributed by atoms with Gasteiger partial charge in [0, 0.05) is 0 Å². The summed E-state index contributed by atoms with van der Waals surface area (Å²) in [5.74, 6) is 0.587. The smallest absolute Gasteiger partial charge is 0.338 e. The predicted molar refractivity (Wildman–Crippen MR) is 67.9 cm³/mol. The monoisotopic (exact) mass is 264 g/mol. The molecule has 0 saturated heterocycles.